The molecule has 0 aromatic heterocycles. The molecule has 182 valence electrons. The summed E-state index contributed by atoms with van der Waals surface area (Å²) in [5.74, 6) is -0.357. The SMILES string of the molecule is [B]c1cc(NC(=O)C(NC(=O)C2=CONC2C)C2CCCCCCC2)ccc1N1CCCCC1. The zero-order chi connectivity index (χ0) is 23.9. The second-order valence-electron chi connectivity index (χ2n) is 9.90. The quantitative estimate of drug-likeness (QED) is 0.564. The summed E-state index contributed by atoms with van der Waals surface area (Å²) in [5, 5.41) is 6.06. The Morgan fingerprint density at radius 1 is 1.06 bits per heavy atom. The van der Waals surface area contributed by atoms with Crippen molar-refractivity contribution >= 4 is 36.5 Å². The molecular formula is C26H37BN4O3. The summed E-state index contributed by atoms with van der Waals surface area (Å²) in [4.78, 5) is 33.9. The molecule has 1 aromatic rings. The third kappa shape index (κ3) is 6.15. The minimum Gasteiger partial charge on any atom is -0.415 e. The van der Waals surface area contributed by atoms with E-state index in [-0.39, 0.29) is 23.8 Å². The lowest BCUT2D eigenvalue weighted by atomic mass is 9.85. The fourth-order valence-electron chi connectivity index (χ4n) is 5.33. The fourth-order valence-corrected chi connectivity index (χ4v) is 5.33. The molecular weight excluding hydrogens is 427 g/mol. The van der Waals surface area contributed by atoms with Crippen LogP contribution in [0.1, 0.15) is 71.1 Å². The van der Waals surface area contributed by atoms with E-state index in [0.717, 1.165) is 44.5 Å². The number of amides is 2. The summed E-state index contributed by atoms with van der Waals surface area (Å²) in [6.45, 7) is 3.88. The van der Waals surface area contributed by atoms with E-state index in [4.69, 9.17) is 12.7 Å². The Morgan fingerprint density at radius 2 is 1.74 bits per heavy atom. The van der Waals surface area contributed by atoms with E-state index >= 15 is 0 Å². The molecule has 2 amide bonds. The lowest BCUT2D eigenvalue weighted by Crippen LogP contribution is -2.50. The number of anilines is 2. The van der Waals surface area contributed by atoms with Crippen LogP contribution in [0.2, 0.25) is 0 Å². The molecule has 2 aliphatic heterocycles. The minimum absolute atomic E-state index is 0.0976. The molecule has 1 aliphatic carbocycles. The third-order valence-corrected chi connectivity index (χ3v) is 7.34. The summed E-state index contributed by atoms with van der Waals surface area (Å²) in [7, 11) is 6.37. The number of benzene rings is 1. The molecule has 2 atom stereocenters. The van der Waals surface area contributed by atoms with Crippen LogP contribution in [0.15, 0.2) is 30.0 Å². The van der Waals surface area contributed by atoms with Crippen molar-refractivity contribution < 1.29 is 14.4 Å². The van der Waals surface area contributed by atoms with E-state index in [1.165, 1.54) is 44.8 Å². The zero-order valence-electron chi connectivity index (χ0n) is 20.3. The van der Waals surface area contributed by atoms with Gasteiger partial charge in [-0.05, 0) is 63.1 Å². The smallest absolute Gasteiger partial charge is 0.252 e. The van der Waals surface area contributed by atoms with Gasteiger partial charge in [-0.25, -0.2) is 0 Å². The van der Waals surface area contributed by atoms with Gasteiger partial charge in [-0.2, -0.15) is 0 Å². The topological polar surface area (TPSA) is 82.7 Å². The van der Waals surface area contributed by atoms with Crippen molar-refractivity contribution in [2.75, 3.05) is 23.3 Å². The van der Waals surface area contributed by atoms with E-state index in [0.29, 0.717) is 16.7 Å². The van der Waals surface area contributed by atoms with Gasteiger partial charge in [-0.15, -0.1) is 5.48 Å². The van der Waals surface area contributed by atoms with E-state index in [1.54, 1.807) is 0 Å². The molecule has 0 bridgehead atoms. The van der Waals surface area contributed by atoms with E-state index < -0.39 is 6.04 Å². The van der Waals surface area contributed by atoms with Gasteiger partial charge in [-0.3, -0.25) is 9.59 Å². The first-order chi connectivity index (χ1) is 16.5. The summed E-state index contributed by atoms with van der Waals surface area (Å²) in [5.41, 5.74) is 5.61. The van der Waals surface area contributed by atoms with Gasteiger partial charge in [0.05, 0.1) is 11.6 Å². The molecule has 1 saturated carbocycles. The van der Waals surface area contributed by atoms with Gasteiger partial charge in [0.2, 0.25) is 5.91 Å². The van der Waals surface area contributed by atoms with Crippen molar-refractivity contribution in [3.05, 3.63) is 30.0 Å². The number of nitrogens with zero attached hydrogens (tertiary/aromatic N) is 1. The molecule has 1 saturated heterocycles. The number of carbonyl (C=O) groups is 2. The van der Waals surface area contributed by atoms with Crippen LogP contribution >= 0.6 is 0 Å². The maximum Gasteiger partial charge on any atom is 0.252 e. The summed E-state index contributed by atoms with van der Waals surface area (Å²) in [6.07, 6.45) is 12.6. The van der Waals surface area contributed by atoms with Gasteiger partial charge in [0.15, 0.2) is 0 Å². The fraction of sp³-hybridized carbons (Fsp3) is 0.615. The second-order valence-corrected chi connectivity index (χ2v) is 9.90. The molecule has 2 heterocycles. The Morgan fingerprint density at radius 3 is 2.38 bits per heavy atom. The molecule has 2 radical (unpaired) electrons. The Labute approximate surface area is 204 Å². The lowest BCUT2D eigenvalue weighted by Gasteiger charge is -2.31. The molecule has 34 heavy (non-hydrogen) atoms. The highest BCUT2D eigenvalue weighted by Gasteiger charge is 2.33. The lowest BCUT2D eigenvalue weighted by molar-refractivity contribution is -0.125. The van der Waals surface area contributed by atoms with Gasteiger partial charge in [-0.1, -0.05) is 37.6 Å². The van der Waals surface area contributed by atoms with Gasteiger partial charge in [0.25, 0.3) is 5.91 Å². The Bertz CT molecular complexity index is 892. The van der Waals surface area contributed by atoms with Crippen LogP contribution in [-0.4, -0.2) is 44.8 Å². The average molecular weight is 464 g/mol. The predicted molar refractivity (Wildman–Crippen MR) is 136 cm³/mol. The minimum atomic E-state index is -0.609. The van der Waals surface area contributed by atoms with Crippen LogP contribution in [0, 0.1) is 5.92 Å². The Kier molecular flexibility index (Phi) is 8.54. The number of piperidine rings is 1. The first-order valence-electron chi connectivity index (χ1n) is 12.9. The Balaban J connectivity index is 1.48. The van der Waals surface area contributed by atoms with Crippen molar-refractivity contribution in [1.29, 1.82) is 0 Å². The predicted octanol–water partition coefficient (Wildman–Crippen LogP) is 3.06. The van der Waals surface area contributed by atoms with Crippen LogP contribution in [0.3, 0.4) is 0 Å². The highest BCUT2D eigenvalue weighted by Crippen LogP contribution is 2.27. The van der Waals surface area contributed by atoms with E-state index in [2.05, 4.69) is 21.0 Å². The molecule has 2 unspecified atom stereocenters. The van der Waals surface area contributed by atoms with Gasteiger partial charge in [0, 0.05) is 24.5 Å². The van der Waals surface area contributed by atoms with Gasteiger partial charge in [0.1, 0.15) is 20.2 Å². The number of carbonyl (C=O) groups excluding carboxylic acids is 2. The maximum atomic E-state index is 13.5. The number of hydrogen-bond acceptors (Lipinski definition) is 5. The number of rotatable bonds is 6. The molecule has 3 aliphatic rings. The Hall–Kier alpha value is -2.48. The summed E-state index contributed by atoms with van der Waals surface area (Å²) >= 11 is 0. The van der Waals surface area contributed by atoms with Crippen LogP contribution in [-0.2, 0) is 14.4 Å². The maximum absolute atomic E-state index is 13.5. The molecule has 2 fully saturated rings. The van der Waals surface area contributed by atoms with Crippen molar-refractivity contribution in [3.8, 4) is 0 Å². The van der Waals surface area contributed by atoms with Gasteiger partial charge < -0.3 is 20.4 Å². The first kappa shape index (κ1) is 24.6. The van der Waals surface area contributed by atoms with Gasteiger partial charge >= 0.3 is 0 Å². The second kappa shape index (κ2) is 11.8. The van der Waals surface area contributed by atoms with Crippen LogP contribution < -0.4 is 26.5 Å². The molecule has 1 aromatic carbocycles. The number of hydrogen-bond donors (Lipinski definition) is 3. The summed E-state index contributed by atoms with van der Waals surface area (Å²) in [6, 6.07) is 4.91. The normalized spacial score (nSPS) is 22.7. The summed E-state index contributed by atoms with van der Waals surface area (Å²) < 4.78 is 0. The van der Waals surface area contributed by atoms with Crippen molar-refractivity contribution in [2.45, 2.75) is 83.2 Å². The van der Waals surface area contributed by atoms with Crippen LogP contribution in [0.5, 0.6) is 0 Å². The molecule has 4 rings (SSSR count). The van der Waals surface area contributed by atoms with Crippen molar-refractivity contribution in [2.24, 2.45) is 5.92 Å². The van der Waals surface area contributed by atoms with Crippen molar-refractivity contribution in [1.82, 2.24) is 10.8 Å². The van der Waals surface area contributed by atoms with Crippen LogP contribution in [0.25, 0.3) is 0 Å². The zero-order valence-corrected chi connectivity index (χ0v) is 20.3. The molecule has 0 spiro atoms. The first-order valence-corrected chi connectivity index (χ1v) is 12.9. The van der Waals surface area contributed by atoms with E-state index in [1.807, 2.05) is 25.1 Å². The highest BCUT2D eigenvalue weighted by atomic mass is 16.6. The number of nitrogens with one attached hydrogen (secondary N) is 3. The highest BCUT2D eigenvalue weighted by molar-refractivity contribution is 6.36. The molecule has 8 heteroatoms. The standard InChI is InChI=1S/C26H37BN4O3/c1-18-21(17-34-30-18)25(32)29-24(19-10-6-3-2-4-7-11-19)26(33)28-20-12-13-23(22(27)16-20)31-14-8-5-9-15-31/h12-13,16-19,24,30H,2-11,14-15H2,1H3,(H,28,33)(H,29,32). The monoisotopic (exact) mass is 464 g/mol. The van der Waals surface area contributed by atoms with Crippen molar-refractivity contribution in [3.63, 3.8) is 0 Å². The van der Waals surface area contributed by atoms with E-state index in [9.17, 15) is 9.59 Å². The molecule has 3 N–H and O–H groups in total. The third-order valence-electron chi connectivity index (χ3n) is 7.34. The molecule has 7 nitrogen and oxygen atoms in total. The number of hydroxylamine groups is 1. The largest absolute Gasteiger partial charge is 0.415 e. The van der Waals surface area contributed by atoms with Crippen LogP contribution in [0.4, 0.5) is 11.4 Å². The average Bonchev–Trinajstić information content (AvgIpc) is 3.24.